The lowest BCUT2D eigenvalue weighted by Gasteiger charge is -2.22. The van der Waals surface area contributed by atoms with Crippen molar-refractivity contribution < 1.29 is 14.6 Å². The second-order valence-electron chi connectivity index (χ2n) is 5.96. The molecule has 1 aliphatic heterocycles. The van der Waals surface area contributed by atoms with Gasteiger partial charge in [-0.1, -0.05) is 42.5 Å². The predicted molar refractivity (Wildman–Crippen MR) is 103 cm³/mol. The van der Waals surface area contributed by atoms with Gasteiger partial charge in [-0.3, -0.25) is 4.79 Å². The van der Waals surface area contributed by atoms with Gasteiger partial charge in [0, 0.05) is 25.0 Å². The second-order valence-corrected chi connectivity index (χ2v) is 6.97. The molecule has 3 rings (SSSR count). The Labute approximate surface area is 157 Å². The van der Waals surface area contributed by atoms with Gasteiger partial charge in [-0.25, -0.2) is 4.98 Å². The normalized spacial score (nSPS) is 18.0. The highest BCUT2D eigenvalue weighted by molar-refractivity contribution is 7.99. The number of β-amino-alcohol motifs (C(OH)–C–C–N with tert-alkyl or cyclic N) is 1. The smallest absolute Gasteiger partial charge is 0.256 e. The molecule has 136 valence electrons. The van der Waals surface area contributed by atoms with Gasteiger partial charge in [-0.15, -0.1) is 11.8 Å². The number of amides is 1. The summed E-state index contributed by atoms with van der Waals surface area (Å²) in [5, 5.41) is 10.6. The summed E-state index contributed by atoms with van der Waals surface area (Å²) in [7, 11) is 0. The van der Waals surface area contributed by atoms with Gasteiger partial charge < -0.3 is 14.7 Å². The van der Waals surface area contributed by atoms with Crippen molar-refractivity contribution in [1.29, 1.82) is 0 Å². The van der Waals surface area contributed by atoms with Crippen LogP contribution in [0.25, 0.3) is 6.08 Å². The van der Waals surface area contributed by atoms with E-state index in [2.05, 4.69) is 17.1 Å². The van der Waals surface area contributed by atoms with Gasteiger partial charge in [0.05, 0.1) is 24.9 Å². The number of benzene rings is 1. The van der Waals surface area contributed by atoms with Gasteiger partial charge in [0.25, 0.3) is 5.91 Å². The molecule has 1 saturated heterocycles. The molecule has 0 aliphatic carbocycles. The van der Waals surface area contributed by atoms with Gasteiger partial charge in [-0.2, -0.15) is 0 Å². The summed E-state index contributed by atoms with van der Waals surface area (Å²) in [5.41, 5.74) is 1.71. The number of aromatic nitrogens is 1. The number of thioether (sulfide) groups is 1. The molecule has 1 fully saturated rings. The van der Waals surface area contributed by atoms with Crippen molar-refractivity contribution in [2.24, 2.45) is 0 Å². The van der Waals surface area contributed by atoms with E-state index in [-0.39, 0.29) is 19.1 Å². The lowest BCUT2D eigenvalue weighted by Crippen LogP contribution is -2.38. The maximum absolute atomic E-state index is 12.9. The Bertz CT molecular complexity index is 752. The van der Waals surface area contributed by atoms with Gasteiger partial charge in [0.2, 0.25) is 0 Å². The number of aliphatic hydroxyl groups is 1. The van der Waals surface area contributed by atoms with Crippen LogP contribution in [0.4, 0.5) is 0 Å². The Hall–Kier alpha value is -2.15. The number of rotatable bonds is 5. The summed E-state index contributed by atoms with van der Waals surface area (Å²) in [6.07, 6.45) is 5.16. The largest absolute Gasteiger partial charge is 0.389 e. The molecule has 0 saturated carbocycles. The Morgan fingerprint density at radius 2 is 2.15 bits per heavy atom. The van der Waals surface area contributed by atoms with Crippen molar-refractivity contribution in [3.63, 3.8) is 0 Å². The second kappa shape index (κ2) is 9.52. The standard InChI is InChI=1S/C20H22N2O3S/c23-17-14-22(11-12-25-15-17)20(24)18-9-4-10-21-19(18)26-13-5-8-16-6-2-1-3-7-16/h1-10,17,23H,11-15H2/b8-5+. The number of ether oxygens (including phenoxy) is 1. The Kier molecular flexibility index (Phi) is 6.82. The van der Waals surface area contributed by atoms with Crippen molar-refractivity contribution in [2.75, 3.05) is 32.1 Å². The summed E-state index contributed by atoms with van der Waals surface area (Å²) in [6, 6.07) is 13.6. The zero-order valence-electron chi connectivity index (χ0n) is 14.5. The topological polar surface area (TPSA) is 62.7 Å². The summed E-state index contributed by atoms with van der Waals surface area (Å²) in [6.45, 7) is 1.46. The first-order chi connectivity index (χ1) is 12.7. The van der Waals surface area contributed by atoms with Crippen LogP contribution >= 0.6 is 11.8 Å². The van der Waals surface area contributed by atoms with E-state index >= 15 is 0 Å². The summed E-state index contributed by atoms with van der Waals surface area (Å²) in [4.78, 5) is 18.9. The minimum Gasteiger partial charge on any atom is -0.389 e. The summed E-state index contributed by atoms with van der Waals surface area (Å²) in [5.74, 6) is 0.606. The molecule has 1 aliphatic rings. The molecule has 6 heteroatoms. The fraction of sp³-hybridized carbons (Fsp3) is 0.300. The molecule has 2 heterocycles. The highest BCUT2D eigenvalue weighted by atomic mass is 32.2. The van der Waals surface area contributed by atoms with Crippen LogP contribution in [0.1, 0.15) is 15.9 Å². The summed E-state index contributed by atoms with van der Waals surface area (Å²) < 4.78 is 5.30. The average Bonchev–Trinajstić information content (AvgIpc) is 2.90. The molecular formula is C20H22N2O3S. The van der Waals surface area contributed by atoms with E-state index in [4.69, 9.17) is 4.74 Å². The molecule has 1 N–H and O–H groups in total. The zero-order chi connectivity index (χ0) is 18.2. The molecule has 0 bridgehead atoms. The predicted octanol–water partition coefficient (Wildman–Crippen LogP) is 2.72. The molecule has 1 atom stereocenters. The van der Waals surface area contributed by atoms with Crippen molar-refractivity contribution >= 4 is 23.7 Å². The number of hydrogen-bond acceptors (Lipinski definition) is 5. The first kappa shape index (κ1) is 18.6. The molecule has 1 unspecified atom stereocenters. The van der Waals surface area contributed by atoms with Crippen LogP contribution < -0.4 is 0 Å². The Morgan fingerprint density at radius 1 is 1.31 bits per heavy atom. The molecule has 1 aromatic heterocycles. The molecule has 1 amide bonds. The first-order valence-electron chi connectivity index (χ1n) is 8.58. The van der Waals surface area contributed by atoms with E-state index < -0.39 is 6.10 Å². The SMILES string of the molecule is O=C(c1cccnc1SC/C=C/c1ccccc1)N1CCOCC(O)C1. The maximum Gasteiger partial charge on any atom is 0.256 e. The number of hydrogen-bond donors (Lipinski definition) is 1. The summed E-state index contributed by atoms with van der Waals surface area (Å²) >= 11 is 1.53. The van der Waals surface area contributed by atoms with Crippen LogP contribution in [0.15, 0.2) is 59.8 Å². The highest BCUT2D eigenvalue weighted by Gasteiger charge is 2.24. The first-order valence-corrected chi connectivity index (χ1v) is 9.57. The molecule has 0 spiro atoms. The number of nitrogens with zero attached hydrogens (tertiary/aromatic N) is 2. The van der Waals surface area contributed by atoms with Crippen LogP contribution in [-0.2, 0) is 4.74 Å². The Balaban J connectivity index is 1.65. The molecule has 1 aromatic carbocycles. The minimum absolute atomic E-state index is 0.114. The van der Waals surface area contributed by atoms with Crippen molar-refractivity contribution in [2.45, 2.75) is 11.1 Å². The highest BCUT2D eigenvalue weighted by Crippen LogP contribution is 2.22. The fourth-order valence-corrected chi connectivity index (χ4v) is 3.49. The molecule has 0 radical (unpaired) electrons. The molecule has 2 aromatic rings. The van der Waals surface area contributed by atoms with Crippen LogP contribution in [-0.4, -0.2) is 59.1 Å². The number of aliphatic hydroxyl groups excluding tert-OH is 1. The van der Waals surface area contributed by atoms with Gasteiger partial charge in [0.15, 0.2) is 0 Å². The third-order valence-electron chi connectivity index (χ3n) is 3.96. The number of carbonyl (C=O) groups excluding carboxylic acids is 1. The van der Waals surface area contributed by atoms with E-state index in [1.807, 2.05) is 30.3 Å². The van der Waals surface area contributed by atoms with Gasteiger partial charge in [-0.05, 0) is 17.7 Å². The molecule has 26 heavy (non-hydrogen) atoms. The van der Waals surface area contributed by atoms with Crippen molar-refractivity contribution in [1.82, 2.24) is 9.88 Å². The van der Waals surface area contributed by atoms with E-state index in [1.54, 1.807) is 23.2 Å². The molecular weight excluding hydrogens is 348 g/mol. The monoisotopic (exact) mass is 370 g/mol. The van der Waals surface area contributed by atoms with E-state index in [0.717, 1.165) is 11.3 Å². The van der Waals surface area contributed by atoms with Crippen LogP contribution in [0.3, 0.4) is 0 Å². The number of pyridine rings is 1. The lowest BCUT2D eigenvalue weighted by molar-refractivity contribution is 0.0533. The lowest BCUT2D eigenvalue weighted by atomic mass is 10.2. The number of carbonyl (C=O) groups is 1. The third kappa shape index (κ3) is 5.17. The quantitative estimate of drug-likeness (QED) is 0.820. The van der Waals surface area contributed by atoms with E-state index in [9.17, 15) is 9.90 Å². The van der Waals surface area contributed by atoms with Gasteiger partial charge >= 0.3 is 0 Å². The van der Waals surface area contributed by atoms with E-state index in [0.29, 0.717) is 23.7 Å². The van der Waals surface area contributed by atoms with Crippen LogP contribution in [0.2, 0.25) is 0 Å². The minimum atomic E-state index is -0.650. The average molecular weight is 370 g/mol. The third-order valence-corrected chi connectivity index (χ3v) is 4.92. The molecule has 5 nitrogen and oxygen atoms in total. The van der Waals surface area contributed by atoms with Gasteiger partial charge in [0.1, 0.15) is 5.03 Å². The maximum atomic E-state index is 12.9. The van der Waals surface area contributed by atoms with Crippen molar-refractivity contribution in [3.8, 4) is 0 Å². The zero-order valence-corrected chi connectivity index (χ0v) is 15.3. The van der Waals surface area contributed by atoms with Crippen LogP contribution in [0, 0.1) is 0 Å². The van der Waals surface area contributed by atoms with Crippen molar-refractivity contribution in [3.05, 3.63) is 65.9 Å². The Morgan fingerprint density at radius 3 is 3.00 bits per heavy atom. The van der Waals surface area contributed by atoms with Crippen LogP contribution in [0.5, 0.6) is 0 Å². The fourth-order valence-electron chi connectivity index (χ4n) is 2.69. The van der Waals surface area contributed by atoms with E-state index in [1.165, 1.54) is 11.8 Å².